The van der Waals surface area contributed by atoms with Crippen LogP contribution >= 0.6 is 0 Å². The van der Waals surface area contributed by atoms with E-state index >= 15 is 0 Å². The van der Waals surface area contributed by atoms with Gasteiger partial charge in [0, 0.05) is 0 Å². The Kier molecular flexibility index (Phi) is 5.42. The molecule has 2 aromatic rings. The number of rotatable bonds is 3. The van der Waals surface area contributed by atoms with Crippen molar-refractivity contribution in [3.8, 4) is 0 Å². The number of nitrogens with one attached hydrogen (secondary N) is 1. The topological polar surface area (TPSA) is 24.4 Å². The minimum atomic E-state index is 0. The Morgan fingerprint density at radius 3 is 2.00 bits per heavy atom. The van der Waals surface area contributed by atoms with Gasteiger partial charge in [-0.3, -0.25) is 5.43 Å². The van der Waals surface area contributed by atoms with Crippen LogP contribution < -0.4 is 24.3 Å². The molecule has 0 aliphatic heterocycles. The summed E-state index contributed by atoms with van der Waals surface area (Å²) in [6.07, 6.45) is 0. The molecule has 0 bridgehead atoms. The van der Waals surface area contributed by atoms with Gasteiger partial charge in [0.1, 0.15) is 0 Å². The molecule has 0 aliphatic carbocycles. The Morgan fingerprint density at radius 2 is 1.41 bits per heavy atom. The number of hydrazone groups is 1. The summed E-state index contributed by atoms with van der Waals surface area (Å²) < 4.78 is 0. The average Bonchev–Trinajstić information content (AvgIpc) is 2.38. The van der Waals surface area contributed by atoms with E-state index in [1.165, 1.54) is 0 Å². The van der Waals surface area contributed by atoms with Crippen molar-refractivity contribution in [1.82, 2.24) is 0 Å². The quantitative estimate of drug-likeness (QED) is 0.340. The van der Waals surface area contributed by atoms with Gasteiger partial charge in [-0.1, -0.05) is 42.1 Å². The Balaban J connectivity index is 0.00000144. The summed E-state index contributed by atoms with van der Waals surface area (Å²) in [6.45, 7) is 3.91. The first-order valence-corrected chi connectivity index (χ1v) is 5.12. The minimum absolute atomic E-state index is 0. The molecular formula is C14H13LiN2. The van der Waals surface area contributed by atoms with Crippen LogP contribution in [-0.4, -0.2) is 5.71 Å². The Labute approximate surface area is 114 Å². The molecular weight excluding hydrogens is 203 g/mol. The van der Waals surface area contributed by atoms with Crippen LogP contribution in [0, 0.1) is 6.92 Å². The summed E-state index contributed by atoms with van der Waals surface area (Å²) in [5.41, 5.74) is 5.67. The first-order valence-electron chi connectivity index (χ1n) is 5.12. The maximum absolute atomic E-state index is 4.22. The van der Waals surface area contributed by atoms with E-state index in [-0.39, 0.29) is 18.9 Å². The normalized spacial score (nSPS) is 10.5. The third-order valence-electron chi connectivity index (χ3n) is 2.20. The van der Waals surface area contributed by atoms with E-state index in [0.29, 0.717) is 0 Å². The number of para-hydroxylation sites is 1. The van der Waals surface area contributed by atoms with E-state index in [1.807, 2.05) is 60.7 Å². The van der Waals surface area contributed by atoms with E-state index in [4.69, 9.17) is 0 Å². The smallest absolute Gasteiger partial charge is 0.281 e. The average molecular weight is 216 g/mol. The van der Waals surface area contributed by atoms with Crippen LogP contribution in [0.5, 0.6) is 0 Å². The van der Waals surface area contributed by atoms with Crippen molar-refractivity contribution in [2.24, 2.45) is 5.10 Å². The fourth-order valence-corrected chi connectivity index (χ4v) is 1.34. The fourth-order valence-electron chi connectivity index (χ4n) is 1.34. The van der Waals surface area contributed by atoms with Gasteiger partial charge in [0.25, 0.3) is 0 Å². The Hall–Kier alpha value is -1.62. The molecule has 1 N–H and O–H groups in total. The van der Waals surface area contributed by atoms with Gasteiger partial charge in [0.2, 0.25) is 0 Å². The monoisotopic (exact) mass is 216 g/mol. The molecule has 0 saturated carbocycles. The van der Waals surface area contributed by atoms with Crippen molar-refractivity contribution >= 4 is 11.4 Å². The molecule has 80 valence electrons. The van der Waals surface area contributed by atoms with E-state index in [9.17, 15) is 0 Å². The molecule has 2 nitrogen and oxygen atoms in total. The molecule has 0 amide bonds. The van der Waals surface area contributed by atoms with E-state index < -0.39 is 0 Å². The fraction of sp³-hybridized carbons (Fsp3) is 0. The van der Waals surface area contributed by atoms with Crippen LogP contribution in [0.4, 0.5) is 5.69 Å². The van der Waals surface area contributed by atoms with Gasteiger partial charge in [0.05, 0.1) is 5.69 Å². The zero-order valence-electron chi connectivity index (χ0n) is 9.93. The van der Waals surface area contributed by atoms with Crippen LogP contribution in [0.25, 0.3) is 0 Å². The number of nitrogens with zero attached hydrogens (tertiary/aromatic N) is 1. The van der Waals surface area contributed by atoms with Crippen LogP contribution in [0.1, 0.15) is 5.56 Å². The van der Waals surface area contributed by atoms with Gasteiger partial charge in [-0.05, 0) is 12.1 Å². The molecule has 17 heavy (non-hydrogen) atoms. The number of anilines is 1. The van der Waals surface area contributed by atoms with Gasteiger partial charge < -0.3 is 0 Å². The zero-order valence-corrected chi connectivity index (χ0v) is 9.93. The summed E-state index contributed by atoms with van der Waals surface area (Å²) >= 11 is 0. The molecule has 0 spiro atoms. The number of hydrogen-bond acceptors (Lipinski definition) is 2. The van der Waals surface area contributed by atoms with Gasteiger partial charge in [-0.2, -0.15) is 0 Å². The molecule has 0 aromatic heterocycles. The Morgan fingerprint density at radius 1 is 0.882 bits per heavy atom. The third kappa shape index (κ3) is 4.03. The molecule has 2 aromatic carbocycles. The molecule has 0 radical (unpaired) electrons. The Bertz CT molecular complexity index is 466. The number of benzene rings is 2. The maximum Gasteiger partial charge on any atom is 1.00 e. The van der Waals surface area contributed by atoms with E-state index in [1.54, 1.807) is 0 Å². The van der Waals surface area contributed by atoms with Gasteiger partial charge in [0.15, 0.2) is 0 Å². The first-order chi connectivity index (χ1) is 7.86. The van der Waals surface area contributed by atoms with Crippen LogP contribution in [0.15, 0.2) is 65.8 Å². The summed E-state index contributed by atoms with van der Waals surface area (Å²) in [5, 5.41) is 4.22. The van der Waals surface area contributed by atoms with Crippen molar-refractivity contribution in [3.05, 3.63) is 73.2 Å². The van der Waals surface area contributed by atoms with Crippen molar-refractivity contribution in [2.45, 2.75) is 0 Å². The van der Waals surface area contributed by atoms with Gasteiger partial charge in [-0.25, -0.2) is 12.0 Å². The molecule has 0 atom stereocenters. The number of hydrogen-bond donors (Lipinski definition) is 1. The van der Waals surface area contributed by atoms with Crippen LogP contribution in [0.3, 0.4) is 0 Å². The standard InChI is InChI=1S/C14H13N2.Li/c1-12(13-8-4-2-5-9-13)15-16-14-10-6-3-7-11-14;/h2-11,16H,1H2;/q-1;+1/b15-12+;. The zero-order chi connectivity index (χ0) is 11.2. The second kappa shape index (κ2) is 6.85. The summed E-state index contributed by atoms with van der Waals surface area (Å²) in [6, 6.07) is 19.7. The van der Waals surface area contributed by atoms with Crippen molar-refractivity contribution in [3.63, 3.8) is 0 Å². The molecule has 0 aliphatic rings. The maximum atomic E-state index is 4.22. The molecule has 0 saturated heterocycles. The first kappa shape index (κ1) is 13.4. The third-order valence-corrected chi connectivity index (χ3v) is 2.20. The minimum Gasteiger partial charge on any atom is -0.281 e. The van der Waals surface area contributed by atoms with E-state index in [0.717, 1.165) is 17.0 Å². The summed E-state index contributed by atoms with van der Waals surface area (Å²) in [7, 11) is 0. The summed E-state index contributed by atoms with van der Waals surface area (Å²) in [5.74, 6) is 0. The van der Waals surface area contributed by atoms with E-state index in [2.05, 4.69) is 17.5 Å². The second-order valence-corrected chi connectivity index (χ2v) is 3.40. The van der Waals surface area contributed by atoms with Crippen LogP contribution in [-0.2, 0) is 0 Å². The van der Waals surface area contributed by atoms with Crippen molar-refractivity contribution in [2.75, 3.05) is 5.43 Å². The molecule has 2 rings (SSSR count). The molecule has 0 heterocycles. The predicted octanol–water partition coefficient (Wildman–Crippen LogP) is 0.341. The van der Waals surface area contributed by atoms with Gasteiger partial charge >= 0.3 is 18.9 Å². The second-order valence-electron chi connectivity index (χ2n) is 3.40. The molecule has 0 fully saturated rings. The summed E-state index contributed by atoms with van der Waals surface area (Å²) in [4.78, 5) is 0. The van der Waals surface area contributed by atoms with Crippen LogP contribution in [0.2, 0.25) is 0 Å². The largest absolute Gasteiger partial charge is 1.00 e. The SMILES string of the molecule is [CH2-]/C(=N\Nc1ccccc1)c1ccccc1.[Li+]. The molecule has 0 unspecified atom stereocenters. The van der Waals surface area contributed by atoms with Gasteiger partial charge in [-0.15, -0.1) is 17.7 Å². The predicted molar refractivity (Wildman–Crippen MR) is 68.4 cm³/mol. The molecule has 3 heteroatoms. The van der Waals surface area contributed by atoms with Crippen molar-refractivity contribution in [1.29, 1.82) is 0 Å². The van der Waals surface area contributed by atoms with Crippen molar-refractivity contribution < 1.29 is 18.9 Å².